The first kappa shape index (κ1) is 9.66. The van der Waals surface area contributed by atoms with Gasteiger partial charge in [0.1, 0.15) is 11.4 Å². The third kappa shape index (κ3) is 1.65. The molecular weight excluding hydrogens is 202 g/mol. The Balaban J connectivity index is 1.89. The molecule has 2 aromatic rings. The van der Waals surface area contributed by atoms with Crippen LogP contribution in [0.3, 0.4) is 0 Å². The second kappa shape index (κ2) is 3.79. The van der Waals surface area contributed by atoms with Gasteiger partial charge in [-0.15, -0.1) is 0 Å². The van der Waals surface area contributed by atoms with E-state index in [0.717, 1.165) is 36.8 Å². The zero-order valence-corrected chi connectivity index (χ0v) is 9.31. The van der Waals surface area contributed by atoms with E-state index in [0.29, 0.717) is 0 Å². The van der Waals surface area contributed by atoms with Crippen molar-refractivity contribution in [3.8, 4) is 5.75 Å². The molecule has 0 aliphatic carbocycles. The molecule has 4 nitrogen and oxygen atoms in total. The molecule has 16 heavy (non-hydrogen) atoms. The largest absolute Gasteiger partial charge is 0.495 e. The minimum absolute atomic E-state index is 0.756. The summed E-state index contributed by atoms with van der Waals surface area (Å²) in [6.07, 6.45) is 5.12. The second-order valence-corrected chi connectivity index (χ2v) is 4.30. The monoisotopic (exact) mass is 217 g/mol. The van der Waals surface area contributed by atoms with Gasteiger partial charge in [0.25, 0.3) is 0 Å². The number of imidazole rings is 1. The van der Waals surface area contributed by atoms with E-state index >= 15 is 0 Å². The van der Waals surface area contributed by atoms with E-state index < -0.39 is 0 Å². The molecule has 1 fully saturated rings. The Morgan fingerprint density at radius 2 is 2.31 bits per heavy atom. The summed E-state index contributed by atoms with van der Waals surface area (Å²) < 4.78 is 7.21. The van der Waals surface area contributed by atoms with Crippen molar-refractivity contribution < 1.29 is 4.74 Å². The van der Waals surface area contributed by atoms with Crippen LogP contribution < -0.4 is 10.1 Å². The van der Waals surface area contributed by atoms with E-state index in [2.05, 4.69) is 16.5 Å². The van der Waals surface area contributed by atoms with Crippen LogP contribution in [-0.2, 0) is 6.42 Å². The maximum absolute atomic E-state index is 5.19. The Morgan fingerprint density at radius 1 is 1.44 bits per heavy atom. The predicted octanol–water partition coefficient (Wildman–Crippen LogP) is 1.10. The van der Waals surface area contributed by atoms with Gasteiger partial charge in [-0.3, -0.25) is 0 Å². The number of aromatic nitrogens is 2. The molecule has 0 radical (unpaired) electrons. The van der Waals surface area contributed by atoms with Crippen LogP contribution in [0.25, 0.3) is 5.65 Å². The quantitative estimate of drug-likeness (QED) is 0.837. The highest BCUT2D eigenvalue weighted by Crippen LogP contribution is 2.16. The molecule has 0 atom stereocenters. The van der Waals surface area contributed by atoms with E-state index in [4.69, 9.17) is 4.74 Å². The third-order valence-corrected chi connectivity index (χ3v) is 3.07. The number of nitrogens with zero attached hydrogens (tertiary/aromatic N) is 2. The zero-order chi connectivity index (χ0) is 11.0. The lowest BCUT2D eigenvalue weighted by atomic mass is 9.98. The Bertz CT molecular complexity index is 502. The van der Waals surface area contributed by atoms with Crippen LogP contribution >= 0.6 is 0 Å². The van der Waals surface area contributed by atoms with Crippen molar-refractivity contribution in [2.24, 2.45) is 5.92 Å². The summed E-state index contributed by atoms with van der Waals surface area (Å²) in [5.74, 6) is 1.62. The average molecular weight is 217 g/mol. The van der Waals surface area contributed by atoms with E-state index in [1.165, 1.54) is 5.69 Å². The van der Waals surface area contributed by atoms with Crippen molar-refractivity contribution in [2.75, 3.05) is 20.2 Å². The summed E-state index contributed by atoms with van der Waals surface area (Å²) in [4.78, 5) is 4.59. The van der Waals surface area contributed by atoms with Crippen LogP contribution in [0, 0.1) is 5.92 Å². The first-order valence-electron chi connectivity index (χ1n) is 5.57. The number of fused-ring (bicyclic) bond motifs is 1. The molecule has 84 valence electrons. The number of pyridine rings is 1. The van der Waals surface area contributed by atoms with Crippen LogP contribution in [0.2, 0.25) is 0 Å². The van der Waals surface area contributed by atoms with Crippen LogP contribution in [-0.4, -0.2) is 29.6 Å². The number of methoxy groups -OCH3 is 1. The summed E-state index contributed by atoms with van der Waals surface area (Å²) in [7, 11) is 1.68. The number of nitrogens with one attached hydrogen (secondary N) is 1. The molecule has 2 aromatic heterocycles. The highest BCUT2D eigenvalue weighted by atomic mass is 16.5. The molecular formula is C12H15N3O. The Kier molecular flexibility index (Phi) is 2.29. The van der Waals surface area contributed by atoms with Gasteiger partial charge in [0.05, 0.1) is 19.0 Å². The maximum atomic E-state index is 5.19. The van der Waals surface area contributed by atoms with Crippen molar-refractivity contribution in [1.82, 2.24) is 14.7 Å². The predicted molar refractivity (Wildman–Crippen MR) is 61.8 cm³/mol. The van der Waals surface area contributed by atoms with E-state index in [-0.39, 0.29) is 0 Å². The van der Waals surface area contributed by atoms with Gasteiger partial charge < -0.3 is 14.5 Å². The summed E-state index contributed by atoms with van der Waals surface area (Å²) in [5.41, 5.74) is 2.16. The van der Waals surface area contributed by atoms with E-state index in [1.54, 1.807) is 7.11 Å². The molecule has 3 heterocycles. The van der Waals surface area contributed by atoms with Gasteiger partial charge in [-0.05, 0) is 37.6 Å². The molecule has 0 unspecified atom stereocenters. The number of hydrogen-bond acceptors (Lipinski definition) is 3. The van der Waals surface area contributed by atoms with Crippen LogP contribution in [0.4, 0.5) is 0 Å². The van der Waals surface area contributed by atoms with Crippen LogP contribution in [0.1, 0.15) is 5.69 Å². The standard InChI is InChI=1S/C12H15N3O/c1-16-11-2-3-12-14-10(7-15(12)8-11)4-9-5-13-6-9/h2-3,7-9,13H,4-6H2,1H3. The fourth-order valence-corrected chi connectivity index (χ4v) is 2.03. The normalized spacial score (nSPS) is 16.3. The molecule has 0 bridgehead atoms. The molecule has 1 aliphatic rings. The molecule has 0 spiro atoms. The molecule has 0 aromatic carbocycles. The zero-order valence-electron chi connectivity index (χ0n) is 9.31. The fraction of sp³-hybridized carbons (Fsp3) is 0.417. The fourth-order valence-electron chi connectivity index (χ4n) is 2.03. The topological polar surface area (TPSA) is 38.6 Å². The van der Waals surface area contributed by atoms with Crippen molar-refractivity contribution in [1.29, 1.82) is 0 Å². The summed E-state index contributed by atoms with van der Waals surface area (Å²) in [5, 5.41) is 3.28. The molecule has 4 heteroatoms. The Hall–Kier alpha value is -1.55. The maximum Gasteiger partial charge on any atom is 0.137 e. The summed E-state index contributed by atoms with van der Waals surface area (Å²) >= 11 is 0. The first-order valence-corrected chi connectivity index (χ1v) is 5.57. The van der Waals surface area contributed by atoms with Gasteiger partial charge in [-0.25, -0.2) is 4.98 Å². The van der Waals surface area contributed by atoms with Crippen molar-refractivity contribution in [3.05, 3.63) is 30.2 Å². The number of ether oxygens (including phenoxy) is 1. The van der Waals surface area contributed by atoms with Crippen LogP contribution in [0.15, 0.2) is 24.5 Å². The number of rotatable bonds is 3. The van der Waals surface area contributed by atoms with Gasteiger partial charge in [0.2, 0.25) is 0 Å². The van der Waals surface area contributed by atoms with Gasteiger partial charge in [-0.2, -0.15) is 0 Å². The molecule has 0 saturated carbocycles. The van der Waals surface area contributed by atoms with Gasteiger partial charge in [0.15, 0.2) is 0 Å². The Morgan fingerprint density at radius 3 is 3.00 bits per heavy atom. The average Bonchev–Trinajstić information content (AvgIpc) is 2.64. The third-order valence-electron chi connectivity index (χ3n) is 3.07. The second-order valence-electron chi connectivity index (χ2n) is 4.30. The lowest BCUT2D eigenvalue weighted by Crippen LogP contribution is -2.43. The molecule has 3 rings (SSSR count). The SMILES string of the molecule is COc1ccc2nc(CC3CNC3)cn2c1. The molecule has 1 saturated heterocycles. The van der Waals surface area contributed by atoms with Gasteiger partial charge in [0, 0.05) is 6.20 Å². The lowest BCUT2D eigenvalue weighted by Gasteiger charge is -2.25. The highest BCUT2D eigenvalue weighted by molar-refractivity contribution is 5.43. The molecule has 1 N–H and O–H groups in total. The molecule has 1 aliphatic heterocycles. The minimum Gasteiger partial charge on any atom is -0.495 e. The van der Waals surface area contributed by atoms with E-state index in [1.807, 2.05) is 22.7 Å². The summed E-state index contributed by atoms with van der Waals surface area (Å²) in [6.45, 7) is 2.24. The lowest BCUT2D eigenvalue weighted by molar-refractivity contribution is 0.344. The first-order chi connectivity index (χ1) is 7.85. The smallest absolute Gasteiger partial charge is 0.137 e. The van der Waals surface area contributed by atoms with Gasteiger partial charge >= 0.3 is 0 Å². The van der Waals surface area contributed by atoms with Crippen LogP contribution in [0.5, 0.6) is 5.75 Å². The Labute approximate surface area is 94.3 Å². The minimum atomic E-state index is 0.756. The number of hydrogen-bond donors (Lipinski definition) is 1. The van der Waals surface area contributed by atoms with Crippen molar-refractivity contribution in [3.63, 3.8) is 0 Å². The molecule has 0 amide bonds. The van der Waals surface area contributed by atoms with Gasteiger partial charge in [-0.1, -0.05) is 0 Å². The van der Waals surface area contributed by atoms with E-state index in [9.17, 15) is 0 Å². The van der Waals surface area contributed by atoms with Crippen molar-refractivity contribution >= 4 is 5.65 Å². The highest BCUT2D eigenvalue weighted by Gasteiger charge is 2.18. The van der Waals surface area contributed by atoms with Crippen molar-refractivity contribution in [2.45, 2.75) is 6.42 Å². The summed E-state index contributed by atoms with van der Waals surface area (Å²) in [6, 6.07) is 3.93.